The van der Waals surface area contributed by atoms with Gasteiger partial charge in [-0.3, -0.25) is 0 Å². The lowest BCUT2D eigenvalue weighted by atomic mass is 10.0. The second kappa shape index (κ2) is 6.67. The molecule has 0 fully saturated rings. The molecule has 0 amide bonds. The highest BCUT2D eigenvalue weighted by Crippen LogP contribution is 2.36. The minimum atomic E-state index is 0.233. The maximum Gasteiger partial charge on any atom is 0.165 e. The molecular formula is C17H17N5O3. The number of nitrogen functional groups attached to an aromatic ring is 1. The molecule has 0 saturated heterocycles. The number of hydrogen-bond acceptors (Lipinski definition) is 7. The number of benzene rings is 1. The van der Waals surface area contributed by atoms with Crippen LogP contribution in [0.15, 0.2) is 24.4 Å². The molecule has 3 aromatic rings. The Balaban J connectivity index is 2.29. The standard InChI is InChI=1S/C17H17N5O3/c1-23-9-12-15(10-4-5-13(24-2)14(6-10)25-3)17-20-8-11(7-18)16(19)22(17)21-12/h4-6,8H,9,19H2,1-3H3. The Bertz CT molecular complexity index is 975. The van der Waals surface area contributed by atoms with E-state index in [1.54, 1.807) is 27.4 Å². The molecule has 2 heterocycles. The van der Waals surface area contributed by atoms with Crippen molar-refractivity contribution in [1.29, 1.82) is 5.26 Å². The summed E-state index contributed by atoms with van der Waals surface area (Å²) in [5.41, 5.74) is 9.09. The van der Waals surface area contributed by atoms with Gasteiger partial charge < -0.3 is 19.9 Å². The largest absolute Gasteiger partial charge is 0.493 e. The highest BCUT2D eigenvalue weighted by atomic mass is 16.5. The maximum atomic E-state index is 9.13. The highest BCUT2D eigenvalue weighted by molar-refractivity contribution is 5.82. The average molecular weight is 339 g/mol. The van der Waals surface area contributed by atoms with Crippen LogP contribution in [0.3, 0.4) is 0 Å². The zero-order chi connectivity index (χ0) is 18.0. The molecular weight excluding hydrogens is 322 g/mol. The molecule has 8 heteroatoms. The summed E-state index contributed by atoms with van der Waals surface area (Å²) in [7, 11) is 4.73. The Morgan fingerprint density at radius 1 is 1.20 bits per heavy atom. The Morgan fingerprint density at radius 2 is 1.96 bits per heavy atom. The SMILES string of the molecule is COCc1nn2c(N)c(C#N)cnc2c1-c1ccc(OC)c(OC)c1. The quantitative estimate of drug-likeness (QED) is 0.757. The molecule has 0 saturated carbocycles. The van der Waals surface area contributed by atoms with Crippen molar-refractivity contribution in [1.82, 2.24) is 14.6 Å². The number of aromatic nitrogens is 3. The molecule has 128 valence electrons. The predicted octanol–water partition coefficient (Wildman–Crippen LogP) is 2.01. The fourth-order valence-corrected chi connectivity index (χ4v) is 2.66. The van der Waals surface area contributed by atoms with Gasteiger partial charge in [0.25, 0.3) is 0 Å². The van der Waals surface area contributed by atoms with E-state index in [1.807, 2.05) is 18.2 Å². The van der Waals surface area contributed by atoms with Gasteiger partial charge in [-0.1, -0.05) is 6.07 Å². The Labute approximate surface area is 144 Å². The number of nitrogens with two attached hydrogens (primary N) is 1. The van der Waals surface area contributed by atoms with Crippen LogP contribution in [0, 0.1) is 11.3 Å². The van der Waals surface area contributed by atoms with Crippen molar-refractivity contribution in [3.05, 3.63) is 35.7 Å². The second-order valence-electron chi connectivity index (χ2n) is 5.23. The number of methoxy groups -OCH3 is 3. The average Bonchev–Trinajstić information content (AvgIpc) is 3.01. The lowest BCUT2D eigenvalue weighted by molar-refractivity contribution is 0.181. The third kappa shape index (κ3) is 2.70. The number of hydrogen-bond donors (Lipinski definition) is 1. The smallest absolute Gasteiger partial charge is 0.165 e. The van der Waals surface area contributed by atoms with Crippen molar-refractivity contribution in [2.24, 2.45) is 0 Å². The van der Waals surface area contributed by atoms with Gasteiger partial charge in [0, 0.05) is 7.11 Å². The molecule has 0 aliphatic heterocycles. The van der Waals surface area contributed by atoms with Crippen molar-refractivity contribution in [3.63, 3.8) is 0 Å². The van der Waals surface area contributed by atoms with E-state index >= 15 is 0 Å². The van der Waals surface area contributed by atoms with Crippen LogP contribution in [0.4, 0.5) is 5.82 Å². The van der Waals surface area contributed by atoms with Gasteiger partial charge in [0.15, 0.2) is 17.1 Å². The number of fused-ring (bicyclic) bond motifs is 1. The second-order valence-corrected chi connectivity index (χ2v) is 5.23. The summed E-state index contributed by atoms with van der Waals surface area (Å²) in [5, 5.41) is 13.6. The highest BCUT2D eigenvalue weighted by Gasteiger charge is 2.20. The normalized spacial score (nSPS) is 10.6. The fourth-order valence-electron chi connectivity index (χ4n) is 2.66. The van der Waals surface area contributed by atoms with E-state index in [0.29, 0.717) is 22.8 Å². The van der Waals surface area contributed by atoms with E-state index in [0.717, 1.165) is 11.1 Å². The van der Waals surface area contributed by atoms with E-state index < -0.39 is 0 Å². The summed E-state index contributed by atoms with van der Waals surface area (Å²) < 4.78 is 17.4. The van der Waals surface area contributed by atoms with Gasteiger partial charge in [-0.25, -0.2) is 4.98 Å². The number of ether oxygens (including phenoxy) is 3. The monoisotopic (exact) mass is 339 g/mol. The van der Waals surface area contributed by atoms with E-state index in [1.165, 1.54) is 10.7 Å². The first-order valence-corrected chi connectivity index (χ1v) is 7.42. The summed E-state index contributed by atoms with van der Waals surface area (Å²) in [5.74, 6) is 1.44. The summed E-state index contributed by atoms with van der Waals surface area (Å²) in [4.78, 5) is 4.36. The number of rotatable bonds is 5. The molecule has 0 radical (unpaired) electrons. The lowest BCUT2D eigenvalue weighted by Crippen LogP contribution is -2.03. The molecule has 25 heavy (non-hydrogen) atoms. The molecule has 8 nitrogen and oxygen atoms in total. The van der Waals surface area contributed by atoms with Crippen LogP contribution in [-0.2, 0) is 11.3 Å². The Kier molecular flexibility index (Phi) is 4.41. The summed E-state index contributed by atoms with van der Waals surface area (Å²) in [6.07, 6.45) is 1.44. The van der Waals surface area contributed by atoms with E-state index in [-0.39, 0.29) is 18.0 Å². The Hall–Kier alpha value is -3.31. The van der Waals surface area contributed by atoms with Crippen LogP contribution < -0.4 is 15.2 Å². The van der Waals surface area contributed by atoms with Crippen LogP contribution in [0.5, 0.6) is 11.5 Å². The first-order chi connectivity index (χ1) is 12.1. The third-order valence-electron chi connectivity index (χ3n) is 3.83. The maximum absolute atomic E-state index is 9.13. The van der Waals surface area contributed by atoms with Crippen molar-refractivity contribution in [2.75, 3.05) is 27.1 Å². The molecule has 0 unspecified atom stereocenters. The van der Waals surface area contributed by atoms with Gasteiger partial charge in [-0.15, -0.1) is 0 Å². The van der Waals surface area contributed by atoms with Gasteiger partial charge in [0.1, 0.15) is 17.5 Å². The lowest BCUT2D eigenvalue weighted by Gasteiger charge is -2.10. The van der Waals surface area contributed by atoms with Crippen molar-refractivity contribution < 1.29 is 14.2 Å². The predicted molar refractivity (Wildman–Crippen MR) is 91.4 cm³/mol. The van der Waals surface area contributed by atoms with Crippen LogP contribution in [-0.4, -0.2) is 35.9 Å². The van der Waals surface area contributed by atoms with Gasteiger partial charge in [-0.2, -0.15) is 14.9 Å². The number of nitriles is 1. The van der Waals surface area contributed by atoms with Crippen molar-refractivity contribution in [3.8, 4) is 28.7 Å². The van der Waals surface area contributed by atoms with E-state index in [9.17, 15) is 0 Å². The Morgan fingerprint density at radius 3 is 2.60 bits per heavy atom. The minimum absolute atomic E-state index is 0.233. The summed E-state index contributed by atoms with van der Waals surface area (Å²) in [6.45, 7) is 0.272. The first kappa shape index (κ1) is 16.5. The zero-order valence-corrected chi connectivity index (χ0v) is 14.1. The summed E-state index contributed by atoms with van der Waals surface area (Å²) in [6, 6.07) is 7.53. The van der Waals surface area contributed by atoms with Crippen LogP contribution in [0.1, 0.15) is 11.3 Å². The van der Waals surface area contributed by atoms with E-state index in [4.69, 9.17) is 25.2 Å². The molecule has 1 aromatic carbocycles. The minimum Gasteiger partial charge on any atom is -0.493 e. The van der Waals surface area contributed by atoms with Gasteiger partial charge in [-0.05, 0) is 17.7 Å². The van der Waals surface area contributed by atoms with Crippen LogP contribution in [0.25, 0.3) is 16.8 Å². The van der Waals surface area contributed by atoms with Gasteiger partial charge in [0.2, 0.25) is 0 Å². The number of nitrogens with zero attached hydrogens (tertiary/aromatic N) is 4. The molecule has 2 aromatic heterocycles. The molecule has 0 aliphatic carbocycles. The molecule has 0 aliphatic rings. The topological polar surface area (TPSA) is 108 Å². The van der Waals surface area contributed by atoms with Gasteiger partial charge >= 0.3 is 0 Å². The molecule has 3 rings (SSSR count). The number of anilines is 1. The van der Waals surface area contributed by atoms with Gasteiger partial charge in [0.05, 0.1) is 38.3 Å². The molecule has 0 atom stereocenters. The fraction of sp³-hybridized carbons (Fsp3) is 0.235. The zero-order valence-electron chi connectivity index (χ0n) is 14.1. The van der Waals surface area contributed by atoms with E-state index in [2.05, 4.69) is 10.1 Å². The first-order valence-electron chi connectivity index (χ1n) is 7.42. The van der Waals surface area contributed by atoms with Crippen molar-refractivity contribution >= 4 is 11.5 Å². The summed E-state index contributed by atoms with van der Waals surface area (Å²) >= 11 is 0. The third-order valence-corrected chi connectivity index (χ3v) is 3.83. The van der Waals surface area contributed by atoms with Crippen LogP contribution in [0.2, 0.25) is 0 Å². The molecule has 0 bridgehead atoms. The van der Waals surface area contributed by atoms with Crippen LogP contribution >= 0.6 is 0 Å². The molecule has 2 N–H and O–H groups in total. The molecule has 0 spiro atoms. The van der Waals surface area contributed by atoms with Crippen molar-refractivity contribution in [2.45, 2.75) is 6.61 Å².